The predicted molar refractivity (Wildman–Crippen MR) is 67.2 cm³/mol. The fourth-order valence-corrected chi connectivity index (χ4v) is 4.19. The van der Waals surface area contributed by atoms with E-state index in [9.17, 15) is 0 Å². The lowest BCUT2D eigenvalue weighted by atomic mass is 9.78. The molecule has 0 radical (unpaired) electrons. The van der Waals surface area contributed by atoms with Crippen LogP contribution in [0.3, 0.4) is 0 Å². The third kappa shape index (κ3) is 1.91. The fourth-order valence-electron chi connectivity index (χ4n) is 4.19. The lowest BCUT2D eigenvalue weighted by Crippen LogP contribution is -2.39. The van der Waals surface area contributed by atoms with Crippen LogP contribution in [0.2, 0.25) is 0 Å². The summed E-state index contributed by atoms with van der Waals surface area (Å²) in [5.74, 6) is 2.78. The third-order valence-electron chi connectivity index (χ3n) is 5.24. The van der Waals surface area contributed by atoms with Crippen LogP contribution in [0.25, 0.3) is 0 Å². The van der Waals surface area contributed by atoms with Crippen molar-refractivity contribution >= 4 is 0 Å². The van der Waals surface area contributed by atoms with Crippen molar-refractivity contribution in [2.45, 2.75) is 57.5 Å². The maximum Gasteiger partial charge on any atom is 0.0121 e. The predicted octanol–water partition coefficient (Wildman–Crippen LogP) is 2.23. The third-order valence-corrected chi connectivity index (χ3v) is 5.24. The summed E-state index contributed by atoms with van der Waals surface area (Å²) in [7, 11) is 0. The highest BCUT2D eigenvalue weighted by Crippen LogP contribution is 2.42. The first-order valence-corrected chi connectivity index (χ1v) is 7.29. The minimum atomic E-state index is 0.500. The molecule has 0 amide bonds. The van der Waals surface area contributed by atoms with Gasteiger partial charge in [-0.2, -0.15) is 0 Å². The van der Waals surface area contributed by atoms with E-state index >= 15 is 0 Å². The number of fused-ring (bicyclic) bond motifs is 1. The lowest BCUT2D eigenvalue weighted by Gasteiger charge is -2.30. The normalized spacial score (nSPS) is 42.0. The van der Waals surface area contributed by atoms with Gasteiger partial charge < -0.3 is 5.73 Å². The molecular weight excluding hydrogens is 196 g/mol. The van der Waals surface area contributed by atoms with Gasteiger partial charge in [0.15, 0.2) is 0 Å². The average Bonchev–Trinajstić information content (AvgIpc) is 2.99. The van der Waals surface area contributed by atoms with Gasteiger partial charge in [-0.1, -0.05) is 13.3 Å². The van der Waals surface area contributed by atoms with Crippen LogP contribution in [0.4, 0.5) is 0 Å². The number of nitrogens with zero attached hydrogens (tertiary/aromatic N) is 1. The molecule has 1 saturated heterocycles. The summed E-state index contributed by atoms with van der Waals surface area (Å²) in [6, 6.07) is 1.39. The van der Waals surface area contributed by atoms with Crippen LogP contribution in [0.15, 0.2) is 0 Å². The van der Waals surface area contributed by atoms with Crippen LogP contribution in [0.5, 0.6) is 0 Å². The largest absolute Gasteiger partial charge is 0.327 e. The summed E-state index contributed by atoms with van der Waals surface area (Å²) in [6.45, 7) is 5.03. The number of rotatable bonds is 3. The van der Waals surface area contributed by atoms with Crippen LogP contribution >= 0.6 is 0 Å². The van der Waals surface area contributed by atoms with E-state index in [1.54, 1.807) is 0 Å². The Hall–Kier alpha value is -0.0800. The molecule has 2 saturated carbocycles. The summed E-state index contributed by atoms with van der Waals surface area (Å²) in [6.07, 6.45) is 8.40. The first-order chi connectivity index (χ1) is 7.79. The molecule has 92 valence electrons. The molecule has 2 nitrogen and oxygen atoms in total. The van der Waals surface area contributed by atoms with Crippen molar-refractivity contribution in [2.75, 3.05) is 13.1 Å². The number of nitrogens with two attached hydrogens (primary N) is 1. The van der Waals surface area contributed by atoms with E-state index in [1.165, 1.54) is 51.6 Å². The van der Waals surface area contributed by atoms with Crippen molar-refractivity contribution in [3.63, 3.8) is 0 Å². The zero-order valence-electron chi connectivity index (χ0n) is 10.6. The average molecular weight is 222 g/mol. The fraction of sp³-hybridized carbons (Fsp3) is 1.00. The van der Waals surface area contributed by atoms with Gasteiger partial charge in [-0.3, -0.25) is 4.90 Å². The summed E-state index contributed by atoms with van der Waals surface area (Å²) < 4.78 is 0. The number of hydrogen-bond donors (Lipinski definition) is 1. The molecule has 3 fully saturated rings. The molecule has 1 aliphatic heterocycles. The van der Waals surface area contributed by atoms with Crippen LogP contribution in [-0.2, 0) is 0 Å². The topological polar surface area (TPSA) is 29.3 Å². The van der Waals surface area contributed by atoms with Gasteiger partial charge in [0.1, 0.15) is 0 Å². The SMILES string of the molecule is CCC(C1CC1)N1CC2CCCC(N)C2C1. The van der Waals surface area contributed by atoms with Gasteiger partial charge in [-0.25, -0.2) is 0 Å². The first kappa shape index (κ1) is 11.0. The van der Waals surface area contributed by atoms with Crippen molar-refractivity contribution < 1.29 is 0 Å². The van der Waals surface area contributed by atoms with E-state index < -0.39 is 0 Å². The van der Waals surface area contributed by atoms with Crippen molar-refractivity contribution in [1.82, 2.24) is 4.90 Å². The molecule has 0 aromatic heterocycles. The van der Waals surface area contributed by atoms with Gasteiger partial charge in [-0.05, 0) is 49.9 Å². The van der Waals surface area contributed by atoms with Gasteiger partial charge in [0.05, 0.1) is 0 Å². The molecule has 4 atom stereocenters. The molecule has 16 heavy (non-hydrogen) atoms. The maximum absolute atomic E-state index is 6.29. The number of likely N-dealkylation sites (tertiary alicyclic amines) is 1. The Morgan fingerprint density at radius 2 is 2.00 bits per heavy atom. The molecule has 0 spiro atoms. The Balaban J connectivity index is 1.66. The number of hydrogen-bond acceptors (Lipinski definition) is 2. The van der Waals surface area contributed by atoms with Crippen LogP contribution in [-0.4, -0.2) is 30.1 Å². The molecule has 3 aliphatic rings. The Labute approximate surface area is 99.6 Å². The minimum absolute atomic E-state index is 0.500. The minimum Gasteiger partial charge on any atom is -0.327 e. The van der Waals surface area contributed by atoms with E-state index in [2.05, 4.69) is 11.8 Å². The van der Waals surface area contributed by atoms with E-state index in [1.807, 2.05) is 0 Å². The van der Waals surface area contributed by atoms with Crippen molar-refractivity contribution in [1.29, 1.82) is 0 Å². The quantitative estimate of drug-likeness (QED) is 0.793. The van der Waals surface area contributed by atoms with Crippen molar-refractivity contribution in [2.24, 2.45) is 23.5 Å². The van der Waals surface area contributed by atoms with Gasteiger partial charge in [0, 0.05) is 25.2 Å². The van der Waals surface area contributed by atoms with E-state index in [0.29, 0.717) is 6.04 Å². The first-order valence-electron chi connectivity index (χ1n) is 7.29. The second-order valence-electron chi connectivity index (χ2n) is 6.29. The molecule has 2 aliphatic carbocycles. The van der Waals surface area contributed by atoms with E-state index in [0.717, 1.165) is 23.8 Å². The zero-order chi connectivity index (χ0) is 11.1. The molecule has 0 aromatic carbocycles. The van der Waals surface area contributed by atoms with Gasteiger partial charge in [0.25, 0.3) is 0 Å². The second-order valence-corrected chi connectivity index (χ2v) is 6.29. The molecular formula is C14H26N2. The highest BCUT2D eigenvalue weighted by atomic mass is 15.2. The Morgan fingerprint density at radius 3 is 2.62 bits per heavy atom. The standard InChI is InChI=1S/C14H26N2/c1-2-14(10-6-7-10)16-8-11-4-3-5-13(15)12(11)9-16/h10-14H,2-9,15H2,1H3. The van der Waals surface area contributed by atoms with Crippen LogP contribution < -0.4 is 5.73 Å². The highest BCUT2D eigenvalue weighted by Gasteiger charge is 2.43. The molecule has 2 N–H and O–H groups in total. The van der Waals surface area contributed by atoms with Gasteiger partial charge >= 0.3 is 0 Å². The molecule has 1 heterocycles. The summed E-state index contributed by atoms with van der Waals surface area (Å²) >= 11 is 0. The van der Waals surface area contributed by atoms with Gasteiger partial charge in [0.2, 0.25) is 0 Å². The maximum atomic E-state index is 6.29. The Bertz CT molecular complexity index is 249. The Morgan fingerprint density at radius 1 is 1.19 bits per heavy atom. The van der Waals surface area contributed by atoms with Gasteiger partial charge in [-0.15, -0.1) is 0 Å². The van der Waals surface area contributed by atoms with E-state index in [4.69, 9.17) is 5.73 Å². The van der Waals surface area contributed by atoms with Crippen molar-refractivity contribution in [3.05, 3.63) is 0 Å². The lowest BCUT2D eigenvalue weighted by molar-refractivity contribution is 0.200. The Kier molecular flexibility index (Phi) is 2.97. The van der Waals surface area contributed by atoms with Crippen LogP contribution in [0.1, 0.15) is 45.4 Å². The summed E-state index contributed by atoms with van der Waals surface area (Å²) in [5, 5.41) is 0. The van der Waals surface area contributed by atoms with Crippen LogP contribution in [0, 0.1) is 17.8 Å². The van der Waals surface area contributed by atoms with Crippen molar-refractivity contribution in [3.8, 4) is 0 Å². The molecule has 3 rings (SSSR count). The highest BCUT2D eigenvalue weighted by molar-refractivity contribution is 4.97. The molecule has 0 aromatic rings. The molecule has 4 unspecified atom stereocenters. The second kappa shape index (κ2) is 4.30. The molecule has 0 bridgehead atoms. The molecule has 2 heteroatoms. The smallest absolute Gasteiger partial charge is 0.0121 e. The monoisotopic (exact) mass is 222 g/mol. The summed E-state index contributed by atoms with van der Waals surface area (Å²) in [5.41, 5.74) is 6.29. The zero-order valence-corrected chi connectivity index (χ0v) is 10.6. The van der Waals surface area contributed by atoms with E-state index in [-0.39, 0.29) is 0 Å². The summed E-state index contributed by atoms with van der Waals surface area (Å²) in [4.78, 5) is 2.79.